The Balaban J connectivity index is 2.01. The third-order valence-electron chi connectivity index (χ3n) is 3.39. The number of carbonyl (C=O) groups is 1. The van der Waals surface area contributed by atoms with Gasteiger partial charge in [0, 0.05) is 38.9 Å². The Bertz CT molecular complexity index is 522. The fraction of sp³-hybridized carbons (Fsp3) is 0.571. The Hall–Kier alpha value is -1.37. The fourth-order valence-corrected chi connectivity index (χ4v) is 2.75. The molecule has 0 saturated carbocycles. The largest absolute Gasteiger partial charge is 0.389 e. The van der Waals surface area contributed by atoms with Crippen LogP contribution in [0.3, 0.4) is 0 Å². The summed E-state index contributed by atoms with van der Waals surface area (Å²) >= 11 is 6.18. The van der Waals surface area contributed by atoms with E-state index in [0.717, 1.165) is 26.2 Å². The number of halogens is 1. The second-order valence-electron chi connectivity index (χ2n) is 5.97. The molecule has 6 nitrogen and oxygen atoms in total. The number of amides is 1. The maximum Gasteiger partial charge on any atom is 0.250 e. The molecule has 21 heavy (non-hydrogen) atoms. The lowest BCUT2D eigenvalue weighted by Crippen LogP contribution is -2.50. The van der Waals surface area contributed by atoms with Crippen molar-refractivity contribution in [1.82, 2.24) is 9.88 Å². The molecule has 0 unspecified atom stereocenters. The minimum atomic E-state index is -0.693. The summed E-state index contributed by atoms with van der Waals surface area (Å²) in [5.74, 6) is 0.135. The zero-order valence-electron chi connectivity index (χ0n) is 12.3. The van der Waals surface area contributed by atoms with Gasteiger partial charge >= 0.3 is 0 Å². The minimum Gasteiger partial charge on any atom is -0.389 e. The highest BCUT2D eigenvalue weighted by Gasteiger charge is 2.24. The van der Waals surface area contributed by atoms with Crippen LogP contribution in [0.1, 0.15) is 24.2 Å². The van der Waals surface area contributed by atoms with Crippen LogP contribution in [0.4, 0.5) is 5.82 Å². The Labute approximate surface area is 129 Å². The zero-order chi connectivity index (χ0) is 15.6. The molecular weight excluding hydrogens is 292 g/mol. The predicted molar refractivity (Wildman–Crippen MR) is 82.7 cm³/mol. The maximum atomic E-state index is 11.1. The highest BCUT2D eigenvalue weighted by atomic mass is 35.5. The molecule has 1 aromatic heterocycles. The van der Waals surface area contributed by atoms with E-state index in [0.29, 0.717) is 22.9 Å². The van der Waals surface area contributed by atoms with Gasteiger partial charge in [-0.2, -0.15) is 0 Å². The normalized spacial score (nSPS) is 17.0. The zero-order valence-corrected chi connectivity index (χ0v) is 13.1. The maximum absolute atomic E-state index is 11.1. The van der Waals surface area contributed by atoms with E-state index in [-0.39, 0.29) is 0 Å². The Morgan fingerprint density at radius 2 is 2.05 bits per heavy atom. The van der Waals surface area contributed by atoms with Crippen LogP contribution in [-0.2, 0) is 0 Å². The van der Waals surface area contributed by atoms with E-state index in [4.69, 9.17) is 17.3 Å². The van der Waals surface area contributed by atoms with E-state index in [1.54, 1.807) is 19.9 Å². The average Bonchev–Trinajstić information content (AvgIpc) is 2.38. The summed E-state index contributed by atoms with van der Waals surface area (Å²) in [6.45, 7) is 7.47. The number of pyridine rings is 1. The molecule has 2 rings (SSSR count). The highest BCUT2D eigenvalue weighted by Crippen LogP contribution is 2.25. The number of primary amides is 1. The van der Waals surface area contributed by atoms with Crippen LogP contribution >= 0.6 is 11.6 Å². The first-order chi connectivity index (χ1) is 9.76. The Kier molecular flexibility index (Phi) is 4.70. The van der Waals surface area contributed by atoms with E-state index in [2.05, 4.69) is 14.8 Å². The minimum absolute atomic E-state index is 0.310. The SMILES string of the molecule is CC(C)(O)CN1CCN(c2ncc(C(N)=O)cc2Cl)CC1. The van der Waals surface area contributed by atoms with Crippen molar-refractivity contribution in [3.8, 4) is 0 Å². The number of aliphatic hydroxyl groups is 1. The first-order valence-corrected chi connectivity index (χ1v) is 7.29. The smallest absolute Gasteiger partial charge is 0.250 e. The summed E-state index contributed by atoms with van der Waals surface area (Å²) in [7, 11) is 0. The van der Waals surface area contributed by atoms with Crippen molar-refractivity contribution in [2.75, 3.05) is 37.6 Å². The van der Waals surface area contributed by atoms with Gasteiger partial charge in [-0.05, 0) is 19.9 Å². The summed E-state index contributed by atoms with van der Waals surface area (Å²) < 4.78 is 0. The van der Waals surface area contributed by atoms with Gasteiger partial charge in [0.1, 0.15) is 5.82 Å². The molecule has 0 aromatic carbocycles. The van der Waals surface area contributed by atoms with Gasteiger partial charge < -0.3 is 15.7 Å². The van der Waals surface area contributed by atoms with Gasteiger partial charge in [-0.15, -0.1) is 0 Å². The number of nitrogens with zero attached hydrogens (tertiary/aromatic N) is 3. The monoisotopic (exact) mass is 312 g/mol. The molecular formula is C14H21ClN4O2. The summed E-state index contributed by atoms with van der Waals surface area (Å²) in [5, 5.41) is 10.3. The molecule has 1 amide bonds. The molecule has 0 aliphatic carbocycles. The van der Waals surface area contributed by atoms with Crippen molar-refractivity contribution in [2.24, 2.45) is 5.73 Å². The van der Waals surface area contributed by atoms with Gasteiger partial charge in [0.25, 0.3) is 0 Å². The van der Waals surface area contributed by atoms with Crippen LogP contribution in [-0.4, -0.2) is 59.2 Å². The van der Waals surface area contributed by atoms with Crippen molar-refractivity contribution in [3.05, 3.63) is 22.8 Å². The molecule has 116 valence electrons. The molecule has 1 aliphatic heterocycles. The number of hydrogen-bond acceptors (Lipinski definition) is 5. The second kappa shape index (κ2) is 6.17. The number of carbonyl (C=O) groups excluding carboxylic acids is 1. The topological polar surface area (TPSA) is 82.7 Å². The Morgan fingerprint density at radius 1 is 1.43 bits per heavy atom. The quantitative estimate of drug-likeness (QED) is 0.856. The van der Waals surface area contributed by atoms with Crippen molar-refractivity contribution in [3.63, 3.8) is 0 Å². The van der Waals surface area contributed by atoms with Crippen molar-refractivity contribution >= 4 is 23.3 Å². The van der Waals surface area contributed by atoms with Gasteiger partial charge in [0.05, 0.1) is 16.2 Å². The van der Waals surface area contributed by atoms with Gasteiger partial charge in [-0.25, -0.2) is 4.98 Å². The number of anilines is 1. The predicted octanol–water partition coefficient (Wildman–Crippen LogP) is 0.727. The lowest BCUT2D eigenvalue weighted by atomic mass is 10.1. The number of piperazine rings is 1. The molecule has 2 heterocycles. The van der Waals surface area contributed by atoms with E-state index >= 15 is 0 Å². The van der Waals surface area contributed by atoms with Crippen molar-refractivity contribution < 1.29 is 9.90 Å². The molecule has 1 aromatic rings. The average molecular weight is 313 g/mol. The molecule has 0 atom stereocenters. The van der Waals surface area contributed by atoms with E-state index < -0.39 is 11.5 Å². The molecule has 3 N–H and O–H groups in total. The molecule has 1 fully saturated rings. The van der Waals surface area contributed by atoms with E-state index in [9.17, 15) is 9.90 Å². The van der Waals surface area contributed by atoms with E-state index in [1.807, 2.05) is 0 Å². The molecule has 1 saturated heterocycles. The Morgan fingerprint density at radius 3 is 2.52 bits per heavy atom. The van der Waals surface area contributed by atoms with E-state index in [1.165, 1.54) is 6.20 Å². The summed E-state index contributed by atoms with van der Waals surface area (Å²) in [6, 6.07) is 1.55. The van der Waals surface area contributed by atoms with Gasteiger partial charge in [0.2, 0.25) is 5.91 Å². The fourth-order valence-electron chi connectivity index (χ4n) is 2.46. The molecule has 7 heteroatoms. The van der Waals surface area contributed by atoms with Crippen molar-refractivity contribution in [2.45, 2.75) is 19.4 Å². The first-order valence-electron chi connectivity index (χ1n) is 6.91. The number of aromatic nitrogens is 1. The standard InChI is InChI=1S/C14H21ClN4O2/c1-14(2,21)9-18-3-5-19(6-4-18)13-11(15)7-10(8-17-13)12(16)20/h7-8,21H,3-6,9H2,1-2H3,(H2,16,20). The third kappa shape index (κ3) is 4.30. The lowest BCUT2D eigenvalue weighted by molar-refractivity contribution is 0.0344. The molecule has 0 bridgehead atoms. The van der Waals surface area contributed by atoms with Crippen LogP contribution in [0.25, 0.3) is 0 Å². The van der Waals surface area contributed by atoms with Gasteiger partial charge in [-0.3, -0.25) is 9.69 Å². The van der Waals surface area contributed by atoms with Crippen LogP contribution in [0.2, 0.25) is 5.02 Å². The summed E-state index contributed by atoms with van der Waals surface area (Å²) in [5.41, 5.74) is 4.82. The van der Waals surface area contributed by atoms with Gasteiger partial charge in [-0.1, -0.05) is 11.6 Å². The highest BCUT2D eigenvalue weighted by molar-refractivity contribution is 6.33. The summed E-state index contributed by atoms with van der Waals surface area (Å²) in [4.78, 5) is 19.6. The lowest BCUT2D eigenvalue weighted by Gasteiger charge is -2.38. The second-order valence-corrected chi connectivity index (χ2v) is 6.38. The molecule has 1 aliphatic rings. The number of nitrogens with two attached hydrogens (primary N) is 1. The number of hydrogen-bond donors (Lipinski definition) is 2. The van der Waals surface area contributed by atoms with Crippen LogP contribution < -0.4 is 10.6 Å². The van der Waals surface area contributed by atoms with Crippen LogP contribution in [0.15, 0.2) is 12.3 Å². The van der Waals surface area contributed by atoms with Crippen LogP contribution in [0.5, 0.6) is 0 Å². The number of β-amino-alcohol motifs (C(OH)–C–C–N with tert-alkyl or cyclic N) is 1. The number of rotatable bonds is 4. The molecule has 0 spiro atoms. The van der Waals surface area contributed by atoms with Crippen molar-refractivity contribution in [1.29, 1.82) is 0 Å². The first kappa shape index (κ1) is 16.0. The van der Waals surface area contributed by atoms with Crippen LogP contribution in [0, 0.1) is 0 Å². The molecule has 0 radical (unpaired) electrons. The van der Waals surface area contributed by atoms with Gasteiger partial charge in [0.15, 0.2) is 0 Å². The third-order valence-corrected chi connectivity index (χ3v) is 3.67. The summed E-state index contributed by atoms with van der Waals surface area (Å²) in [6.07, 6.45) is 1.45.